The molecule has 0 radical (unpaired) electrons. The molecule has 1 rings (SSSR count). The third kappa shape index (κ3) is 4.78. The highest BCUT2D eigenvalue weighted by Crippen LogP contribution is 2.19. The molecule has 0 saturated heterocycles. The van der Waals surface area contributed by atoms with E-state index >= 15 is 0 Å². The van der Waals surface area contributed by atoms with Gasteiger partial charge in [0.2, 0.25) is 0 Å². The van der Waals surface area contributed by atoms with Gasteiger partial charge < -0.3 is 10.2 Å². The molecule has 0 fully saturated rings. The Hall–Kier alpha value is -1.10. The fraction of sp³-hybridized carbons (Fsp3) is 0.733. The molecule has 0 saturated carbocycles. The summed E-state index contributed by atoms with van der Waals surface area (Å²) >= 11 is 1.67. The van der Waals surface area contributed by atoms with Gasteiger partial charge in [0.1, 0.15) is 0 Å². The van der Waals surface area contributed by atoms with Crippen LogP contribution in [0.2, 0.25) is 0 Å². The lowest BCUT2D eigenvalue weighted by molar-refractivity contribution is 0.197. The second-order valence-electron chi connectivity index (χ2n) is 5.90. The number of carbonyl (C=O) groups excluding carboxylic acids is 1. The van der Waals surface area contributed by atoms with Gasteiger partial charge >= 0.3 is 6.03 Å². The van der Waals surface area contributed by atoms with Gasteiger partial charge in [-0.3, -0.25) is 0 Å². The van der Waals surface area contributed by atoms with Crippen molar-refractivity contribution in [2.24, 2.45) is 5.92 Å². The zero-order valence-corrected chi connectivity index (χ0v) is 14.3. The summed E-state index contributed by atoms with van der Waals surface area (Å²) in [6, 6.07) is 0.205. The lowest BCUT2D eigenvalue weighted by Crippen LogP contribution is -2.44. The normalized spacial score (nSPS) is 12.8. The van der Waals surface area contributed by atoms with Crippen LogP contribution in [-0.2, 0) is 6.54 Å². The molecule has 0 unspecified atom stereocenters. The molecule has 4 nitrogen and oxygen atoms in total. The molecule has 0 aromatic carbocycles. The summed E-state index contributed by atoms with van der Waals surface area (Å²) in [7, 11) is 1.82. The lowest BCUT2D eigenvalue weighted by Gasteiger charge is -2.24. The molecule has 1 aromatic heterocycles. The summed E-state index contributed by atoms with van der Waals surface area (Å²) in [6.45, 7) is 11.2. The molecule has 0 aliphatic rings. The van der Waals surface area contributed by atoms with Crippen molar-refractivity contribution in [3.05, 3.63) is 16.1 Å². The molecule has 20 heavy (non-hydrogen) atoms. The smallest absolute Gasteiger partial charge is 0.317 e. The number of aromatic nitrogens is 1. The van der Waals surface area contributed by atoms with Crippen LogP contribution >= 0.6 is 11.3 Å². The van der Waals surface area contributed by atoms with Gasteiger partial charge in [0.25, 0.3) is 0 Å². The van der Waals surface area contributed by atoms with Crippen LogP contribution in [0.1, 0.15) is 57.7 Å². The van der Waals surface area contributed by atoms with Gasteiger partial charge in [-0.15, -0.1) is 11.3 Å². The van der Waals surface area contributed by atoms with Gasteiger partial charge in [0.05, 0.1) is 17.2 Å². The number of nitrogens with zero attached hydrogens (tertiary/aromatic N) is 2. The molecule has 2 amide bonds. The van der Waals surface area contributed by atoms with Gasteiger partial charge in [-0.2, -0.15) is 0 Å². The second kappa shape index (κ2) is 7.62. The summed E-state index contributed by atoms with van der Waals surface area (Å²) in [5.74, 6) is 0.891. The Bertz CT molecular complexity index is 429. The van der Waals surface area contributed by atoms with E-state index in [1.807, 2.05) is 12.4 Å². The van der Waals surface area contributed by atoms with E-state index in [4.69, 9.17) is 0 Å². The molecule has 0 spiro atoms. The Labute approximate surface area is 126 Å². The Morgan fingerprint density at radius 2 is 2.05 bits per heavy atom. The summed E-state index contributed by atoms with van der Waals surface area (Å²) in [4.78, 5) is 18.4. The van der Waals surface area contributed by atoms with Crippen LogP contribution in [0, 0.1) is 5.92 Å². The molecule has 0 aliphatic heterocycles. The number of carbonyl (C=O) groups is 1. The van der Waals surface area contributed by atoms with Crippen LogP contribution in [0.5, 0.6) is 0 Å². The lowest BCUT2D eigenvalue weighted by atomic mass is 10.0. The first kappa shape index (κ1) is 17.0. The average Bonchev–Trinajstić information content (AvgIpc) is 2.83. The maximum absolute atomic E-state index is 12.2. The van der Waals surface area contributed by atoms with Crippen molar-refractivity contribution in [3.8, 4) is 0 Å². The summed E-state index contributed by atoms with van der Waals surface area (Å²) in [5.41, 5.74) is 0.967. The zero-order valence-electron chi connectivity index (χ0n) is 13.4. The van der Waals surface area contributed by atoms with Crippen molar-refractivity contribution in [2.75, 3.05) is 7.05 Å². The number of urea groups is 1. The van der Waals surface area contributed by atoms with Crippen LogP contribution in [0.25, 0.3) is 0 Å². The first-order valence-electron chi connectivity index (χ1n) is 7.31. The van der Waals surface area contributed by atoms with E-state index in [0.29, 0.717) is 18.4 Å². The van der Waals surface area contributed by atoms with Crippen molar-refractivity contribution < 1.29 is 4.79 Å². The van der Waals surface area contributed by atoms with Crippen LogP contribution in [-0.4, -0.2) is 29.0 Å². The maximum Gasteiger partial charge on any atom is 0.317 e. The largest absolute Gasteiger partial charge is 0.335 e. The van der Waals surface area contributed by atoms with Gasteiger partial charge in [-0.05, 0) is 12.3 Å². The molecule has 0 bridgehead atoms. The number of rotatable bonds is 6. The summed E-state index contributed by atoms with van der Waals surface area (Å²) in [5, 5.41) is 6.25. The highest BCUT2D eigenvalue weighted by Gasteiger charge is 2.17. The minimum atomic E-state index is -0.0235. The highest BCUT2D eigenvalue weighted by atomic mass is 32.1. The summed E-state index contributed by atoms with van der Waals surface area (Å²) < 4.78 is 0. The number of nitrogens with one attached hydrogen (secondary N) is 1. The molecule has 114 valence electrons. The minimum absolute atomic E-state index is 0.0235. The predicted octanol–water partition coefficient (Wildman–Crippen LogP) is 3.84. The molecule has 1 aromatic rings. The zero-order chi connectivity index (χ0) is 15.3. The monoisotopic (exact) mass is 297 g/mol. The van der Waals surface area contributed by atoms with Crippen LogP contribution in [0.3, 0.4) is 0 Å². The Morgan fingerprint density at radius 1 is 1.40 bits per heavy atom. The molecular weight excluding hydrogens is 270 g/mol. The van der Waals surface area contributed by atoms with Crippen molar-refractivity contribution in [1.29, 1.82) is 0 Å². The molecule has 1 heterocycles. The third-order valence-electron chi connectivity index (χ3n) is 3.36. The van der Waals surface area contributed by atoms with E-state index in [9.17, 15) is 4.79 Å². The quantitative estimate of drug-likeness (QED) is 0.867. The fourth-order valence-electron chi connectivity index (χ4n) is 1.98. The molecule has 0 aliphatic carbocycles. The van der Waals surface area contributed by atoms with Crippen molar-refractivity contribution in [1.82, 2.24) is 15.2 Å². The van der Waals surface area contributed by atoms with Gasteiger partial charge in [-0.25, -0.2) is 9.78 Å². The maximum atomic E-state index is 12.2. The Morgan fingerprint density at radius 3 is 2.50 bits per heavy atom. The van der Waals surface area contributed by atoms with Crippen LogP contribution < -0.4 is 5.32 Å². The first-order valence-corrected chi connectivity index (χ1v) is 8.19. The van der Waals surface area contributed by atoms with E-state index in [0.717, 1.165) is 17.1 Å². The van der Waals surface area contributed by atoms with Crippen LogP contribution in [0.4, 0.5) is 4.79 Å². The molecule has 1 N–H and O–H groups in total. The van der Waals surface area contributed by atoms with Crippen molar-refractivity contribution in [3.63, 3.8) is 0 Å². The predicted molar refractivity (Wildman–Crippen MR) is 85.1 cm³/mol. The third-order valence-corrected chi connectivity index (χ3v) is 4.56. The van der Waals surface area contributed by atoms with Crippen molar-refractivity contribution in [2.45, 2.75) is 59.5 Å². The van der Waals surface area contributed by atoms with Crippen molar-refractivity contribution >= 4 is 17.4 Å². The first-order chi connectivity index (χ1) is 9.35. The van der Waals surface area contributed by atoms with E-state index in [-0.39, 0.29) is 12.1 Å². The Kier molecular flexibility index (Phi) is 6.46. The average molecular weight is 297 g/mol. The molecule has 1 atom stereocenters. The Balaban J connectivity index is 2.56. The second-order valence-corrected chi connectivity index (χ2v) is 6.79. The van der Waals surface area contributed by atoms with Crippen LogP contribution in [0.15, 0.2) is 5.38 Å². The van der Waals surface area contributed by atoms with E-state index < -0.39 is 0 Å². The van der Waals surface area contributed by atoms with E-state index in [1.54, 1.807) is 16.2 Å². The van der Waals surface area contributed by atoms with Gasteiger partial charge in [-0.1, -0.05) is 34.6 Å². The topological polar surface area (TPSA) is 45.2 Å². The number of amides is 2. The van der Waals surface area contributed by atoms with E-state index in [2.05, 4.69) is 44.9 Å². The highest BCUT2D eigenvalue weighted by molar-refractivity contribution is 7.09. The number of hydrogen-bond donors (Lipinski definition) is 1. The fourth-order valence-corrected chi connectivity index (χ4v) is 2.81. The number of hydrogen-bond acceptors (Lipinski definition) is 3. The standard InChI is InChI=1S/C15H27N3OS/c1-7-13(10(2)3)17-15(19)18(6)8-12-9-20-14(16-12)11(4)5/h9-11,13H,7-8H2,1-6H3,(H,17,19)/t13-/m1/s1. The van der Waals surface area contributed by atoms with Gasteiger partial charge in [0.15, 0.2) is 0 Å². The molecular formula is C15H27N3OS. The summed E-state index contributed by atoms with van der Waals surface area (Å²) in [6.07, 6.45) is 0.950. The molecule has 5 heteroatoms. The number of thiazole rings is 1. The van der Waals surface area contributed by atoms with Gasteiger partial charge in [0, 0.05) is 24.4 Å². The van der Waals surface area contributed by atoms with E-state index in [1.165, 1.54) is 0 Å². The minimum Gasteiger partial charge on any atom is -0.335 e. The SMILES string of the molecule is CC[C@@H](NC(=O)N(C)Cc1csc(C(C)C)n1)C(C)C.